The number of benzene rings is 2. The predicted octanol–water partition coefficient (Wildman–Crippen LogP) is 6.74. The van der Waals surface area contributed by atoms with Crippen LogP contribution in [-0.2, 0) is 17.6 Å². The number of carbonyl (C=O) groups is 1. The molecular formula is C28H32Cl2N4O. The number of nitrogens with zero attached hydrogens (tertiary/aromatic N) is 3. The Labute approximate surface area is 217 Å². The van der Waals surface area contributed by atoms with E-state index in [0.717, 1.165) is 79.8 Å². The Kier molecular flexibility index (Phi) is 7.47. The molecule has 0 spiro atoms. The number of amides is 1. The Balaban J connectivity index is 1.57. The summed E-state index contributed by atoms with van der Waals surface area (Å²) in [6, 6.07) is 14.0. The molecule has 1 amide bonds. The molecule has 2 aliphatic rings. The minimum Gasteiger partial charge on any atom is -0.288 e. The summed E-state index contributed by atoms with van der Waals surface area (Å²) in [5, 5.41) is 8.51. The van der Waals surface area contributed by atoms with Crippen molar-refractivity contribution in [2.24, 2.45) is 0 Å². The first-order valence-electron chi connectivity index (χ1n) is 12.8. The lowest BCUT2D eigenvalue weighted by Crippen LogP contribution is -2.45. The predicted molar refractivity (Wildman–Crippen MR) is 142 cm³/mol. The highest BCUT2D eigenvalue weighted by Crippen LogP contribution is 2.40. The van der Waals surface area contributed by atoms with Gasteiger partial charge in [0.1, 0.15) is 0 Å². The fourth-order valence-corrected chi connectivity index (χ4v) is 5.71. The van der Waals surface area contributed by atoms with Gasteiger partial charge in [-0.2, -0.15) is 5.10 Å². The number of carbonyl (C=O) groups excluding carboxylic acids is 1. The Hall–Kier alpha value is -2.34. The molecule has 1 N–H and O–H groups in total. The molecule has 5 rings (SSSR count). The highest BCUT2D eigenvalue weighted by Gasteiger charge is 2.34. The highest BCUT2D eigenvalue weighted by atomic mass is 35.5. The molecule has 0 radical (unpaired) electrons. The van der Waals surface area contributed by atoms with Gasteiger partial charge in [-0.1, -0.05) is 61.2 Å². The second kappa shape index (κ2) is 10.7. The number of rotatable bonds is 5. The average Bonchev–Trinajstić information content (AvgIpc) is 3.05. The first-order valence-corrected chi connectivity index (χ1v) is 13.5. The summed E-state index contributed by atoms with van der Waals surface area (Å²) in [5.74, 6) is -0.226. The number of aryl methyl sites for hydroxylation is 1. The first kappa shape index (κ1) is 24.4. The van der Waals surface area contributed by atoms with Crippen LogP contribution >= 0.6 is 23.2 Å². The van der Waals surface area contributed by atoms with E-state index < -0.39 is 0 Å². The van der Waals surface area contributed by atoms with Gasteiger partial charge in [0.25, 0.3) is 0 Å². The van der Waals surface area contributed by atoms with Gasteiger partial charge < -0.3 is 0 Å². The average molecular weight is 511 g/mol. The van der Waals surface area contributed by atoms with E-state index in [2.05, 4.69) is 23.4 Å². The molecule has 5 nitrogen and oxygen atoms in total. The van der Waals surface area contributed by atoms with Crippen LogP contribution in [0.2, 0.25) is 10.0 Å². The molecule has 1 atom stereocenters. The van der Waals surface area contributed by atoms with Gasteiger partial charge >= 0.3 is 0 Å². The Morgan fingerprint density at radius 1 is 1.03 bits per heavy atom. The van der Waals surface area contributed by atoms with Gasteiger partial charge in [-0.25, -0.2) is 9.69 Å². The topological polar surface area (TPSA) is 50.2 Å². The van der Waals surface area contributed by atoms with E-state index in [4.69, 9.17) is 28.3 Å². The van der Waals surface area contributed by atoms with Gasteiger partial charge in [0.2, 0.25) is 5.91 Å². The van der Waals surface area contributed by atoms with Gasteiger partial charge in [0.15, 0.2) is 0 Å². The standard InChI is InChI=1S/C28H32Cl2N4O/c1-2-19-10-15-25(24(30)18-19)34-27(20-11-13-21(29)14-12-20)22-8-7-9-23(26(22)31-34)28(35)32-33-16-5-3-4-6-17-33/h10-15,18,23H,2-9,16-17H2,1H3,(H,32,35). The summed E-state index contributed by atoms with van der Waals surface area (Å²) in [5.41, 5.74) is 9.23. The molecule has 0 saturated carbocycles. The second-order valence-electron chi connectivity index (χ2n) is 9.59. The first-order chi connectivity index (χ1) is 17.0. The lowest BCUT2D eigenvalue weighted by Gasteiger charge is -2.26. The number of hydrogen-bond donors (Lipinski definition) is 1. The van der Waals surface area contributed by atoms with E-state index in [-0.39, 0.29) is 11.8 Å². The molecule has 1 aromatic heterocycles. The van der Waals surface area contributed by atoms with Crippen LogP contribution in [0.1, 0.15) is 68.2 Å². The molecule has 1 aliphatic carbocycles. The third kappa shape index (κ3) is 5.13. The third-order valence-corrected chi connectivity index (χ3v) is 7.78. The van der Waals surface area contributed by atoms with Crippen molar-refractivity contribution in [1.82, 2.24) is 20.2 Å². The van der Waals surface area contributed by atoms with Crippen LogP contribution in [0.25, 0.3) is 16.9 Å². The maximum Gasteiger partial charge on any atom is 0.243 e. The zero-order chi connectivity index (χ0) is 24.4. The Morgan fingerprint density at radius 2 is 1.77 bits per heavy atom. The van der Waals surface area contributed by atoms with Crippen LogP contribution in [0.3, 0.4) is 0 Å². The van der Waals surface area contributed by atoms with Crippen molar-refractivity contribution < 1.29 is 4.79 Å². The fourth-order valence-electron chi connectivity index (χ4n) is 5.31. The van der Waals surface area contributed by atoms with Crippen molar-refractivity contribution >= 4 is 29.1 Å². The van der Waals surface area contributed by atoms with Gasteiger partial charge in [0.05, 0.1) is 28.0 Å². The zero-order valence-corrected chi connectivity index (χ0v) is 21.7. The molecule has 3 aromatic rings. The van der Waals surface area contributed by atoms with E-state index in [1.54, 1.807) is 0 Å². The van der Waals surface area contributed by atoms with Gasteiger partial charge in [-0.3, -0.25) is 10.2 Å². The second-order valence-corrected chi connectivity index (χ2v) is 10.4. The quantitative estimate of drug-likeness (QED) is 0.413. The molecular weight excluding hydrogens is 479 g/mol. The SMILES string of the molecule is CCc1ccc(-n2nc3c(c2-c2ccc(Cl)cc2)CCCC3C(=O)NN2CCCCCC2)c(Cl)c1. The molecule has 1 unspecified atom stereocenters. The summed E-state index contributed by atoms with van der Waals surface area (Å²) in [4.78, 5) is 13.5. The summed E-state index contributed by atoms with van der Waals surface area (Å²) in [6.45, 7) is 3.94. The summed E-state index contributed by atoms with van der Waals surface area (Å²) in [7, 11) is 0. The van der Waals surface area contributed by atoms with E-state index in [9.17, 15) is 4.79 Å². The zero-order valence-electron chi connectivity index (χ0n) is 20.2. The van der Waals surface area contributed by atoms with E-state index >= 15 is 0 Å². The normalized spacial score (nSPS) is 18.7. The summed E-state index contributed by atoms with van der Waals surface area (Å²) in [6.07, 6.45) is 8.24. The molecule has 2 heterocycles. The molecule has 35 heavy (non-hydrogen) atoms. The maximum absolute atomic E-state index is 13.5. The van der Waals surface area contributed by atoms with Gasteiger partial charge in [0, 0.05) is 29.2 Å². The van der Waals surface area contributed by atoms with Crippen molar-refractivity contribution in [3.05, 3.63) is 69.3 Å². The number of aromatic nitrogens is 2. The number of hydrazine groups is 1. The van der Waals surface area contributed by atoms with Crippen LogP contribution in [0.15, 0.2) is 42.5 Å². The monoisotopic (exact) mass is 510 g/mol. The molecule has 1 aliphatic heterocycles. The van der Waals surface area contributed by atoms with Crippen LogP contribution in [-0.4, -0.2) is 33.8 Å². The Morgan fingerprint density at radius 3 is 2.46 bits per heavy atom. The molecule has 7 heteroatoms. The number of hydrogen-bond acceptors (Lipinski definition) is 3. The highest BCUT2D eigenvalue weighted by molar-refractivity contribution is 6.32. The third-order valence-electron chi connectivity index (χ3n) is 7.22. The van der Waals surface area contributed by atoms with Crippen molar-refractivity contribution in [3.63, 3.8) is 0 Å². The van der Waals surface area contributed by atoms with E-state index in [1.165, 1.54) is 18.4 Å². The molecule has 1 saturated heterocycles. The lowest BCUT2D eigenvalue weighted by atomic mass is 9.85. The number of fused-ring (bicyclic) bond motifs is 1. The largest absolute Gasteiger partial charge is 0.288 e. The van der Waals surface area contributed by atoms with Crippen molar-refractivity contribution in [3.8, 4) is 16.9 Å². The molecule has 2 aromatic carbocycles. The number of nitrogens with one attached hydrogen (secondary N) is 1. The van der Waals surface area contributed by atoms with Gasteiger partial charge in [-0.15, -0.1) is 0 Å². The summed E-state index contributed by atoms with van der Waals surface area (Å²) < 4.78 is 1.94. The maximum atomic E-state index is 13.5. The molecule has 0 bridgehead atoms. The van der Waals surface area contributed by atoms with Crippen LogP contribution in [0.5, 0.6) is 0 Å². The minimum absolute atomic E-state index is 0.0487. The molecule has 184 valence electrons. The molecule has 1 fully saturated rings. The van der Waals surface area contributed by atoms with Crippen molar-refractivity contribution in [2.75, 3.05) is 13.1 Å². The van der Waals surface area contributed by atoms with Crippen molar-refractivity contribution in [2.45, 2.75) is 64.2 Å². The summed E-state index contributed by atoms with van der Waals surface area (Å²) >= 11 is 13.0. The van der Waals surface area contributed by atoms with Crippen molar-refractivity contribution in [1.29, 1.82) is 0 Å². The van der Waals surface area contributed by atoms with E-state index in [1.807, 2.05) is 41.1 Å². The van der Waals surface area contributed by atoms with Crippen LogP contribution < -0.4 is 5.43 Å². The lowest BCUT2D eigenvalue weighted by molar-refractivity contribution is -0.127. The Bertz CT molecular complexity index is 1200. The van der Waals surface area contributed by atoms with Crippen LogP contribution in [0.4, 0.5) is 0 Å². The van der Waals surface area contributed by atoms with Crippen LogP contribution in [0, 0.1) is 0 Å². The minimum atomic E-state index is -0.275. The smallest absolute Gasteiger partial charge is 0.243 e. The van der Waals surface area contributed by atoms with Gasteiger partial charge in [-0.05, 0) is 68.4 Å². The van der Waals surface area contributed by atoms with E-state index in [0.29, 0.717) is 10.0 Å². The number of halogens is 2. The fraction of sp³-hybridized carbons (Fsp3) is 0.429.